The summed E-state index contributed by atoms with van der Waals surface area (Å²) >= 11 is 0. The number of ether oxygens (including phenoxy) is 2. The van der Waals surface area contributed by atoms with Gasteiger partial charge in [0.15, 0.2) is 12.1 Å². The zero-order valence-electron chi connectivity index (χ0n) is 14.3. The van der Waals surface area contributed by atoms with Crippen LogP contribution in [0, 0.1) is 5.92 Å². The highest BCUT2D eigenvalue weighted by Gasteiger charge is 2.43. The van der Waals surface area contributed by atoms with Crippen molar-refractivity contribution in [3.8, 4) is 0 Å². The zero-order valence-corrected chi connectivity index (χ0v) is 14.3. The van der Waals surface area contributed by atoms with Gasteiger partial charge in [-0.05, 0) is 18.9 Å². The molecule has 0 saturated carbocycles. The number of rotatable bonds is 6. The van der Waals surface area contributed by atoms with Crippen molar-refractivity contribution in [1.29, 1.82) is 0 Å². The van der Waals surface area contributed by atoms with Gasteiger partial charge in [-0.15, -0.1) is 0 Å². The summed E-state index contributed by atoms with van der Waals surface area (Å²) < 4.78 is 10.2. The minimum Gasteiger partial charge on any atom is -0.478 e. The van der Waals surface area contributed by atoms with E-state index in [1.165, 1.54) is 26.5 Å². The maximum atomic E-state index is 12.2. The smallest absolute Gasteiger partial charge is 0.338 e. The van der Waals surface area contributed by atoms with Crippen molar-refractivity contribution < 1.29 is 24.2 Å². The second-order valence-corrected chi connectivity index (χ2v) is 5.99. The van der Waals surface area contributed by atoms with Crippen LogP contribution in [0.1, 0.15) is 48.7 Å². The lowest BCUT2D eigenvalue weighted by molar-refractivity contribution is -0.124. The monoisotopic (exact) mass is 335 g/mol. The molecule has 2 N–H and O–H groups in total. The number of amides is 1. The number of hydrogen-bond acceptors (Lipinski definition) is 6. The Morgan fingerprint density at radius 2 is 1.96 bits per heavy atom. The average molecular weight is 335 g/mol. The van der Waals surface area contributed by atoms with Crippen molar-refractivity contribution in [1.82, 2.24) is 10.3 Å². The molecule has 2 heterocycles. The Morgan fingerprint density at radius 3 is 2.42 bits per heavy atom. The number of hydrogen-bond donors (Lipinski definition) is 2. The second-order valence-electron chi connectivity index (χ2n) is 5.99. The van der Waals surface area contributed by atoms with Crippen LogP contribution in [-0.4, -0.2) is 47.6 Å². The summed E-state index contributed by atoms with van der Waals surface area (Å²) in [6.45, 7) is 5.46. The molecule has 1 amide bonds. The lowest BCUT2D eigenvalue weighted by Crippen LogP contribution is -2.41. The third kappa shape index (κ3) is 3.02. The zero-order chi connectivity index (χ0) is 18.1. The van der Waals surface area contributed by atoms with E-state index in [2.05, 4.69) is 15.3 Å². The molecule has 0 saturated heterocycles. The molecule has 0 aromatic carbocycles. The molecule has 0 radical (unpaired) electrons. The Bertz CT molecular complexity index is 697. The highest BCUT2D eigenvalue weighted by molar-refractivity contribution is 6.17. The predicted octanol–water partition coefficient (Wildman–Crippen LogP) is 1.36. The number of carbonyl (C=O) groups is 2. The van der Waals surface area contributed by atoms with Gasteiger partial charge in [0.05, 0.1) is 5.56 Å². The molecule has 1 aromatic heterocycles. The second kappa shape index (κ2) is 6.66. The molecule has 0 spiro atoms. The Labute approximate surface area is 139 Å². The minimum absolute atomic E-state index is 0.0473. The van der Waals surface area contributed by atoms with Crippen LogP contribution in [0.5, 0.6) is 0 Å². The first kappa shape index (κ1) is 18.0. The Hall–Kier alpha value is -2.32. The molecule has 1 unspecified atom stereocenters. The SMILES string of the molecule is COC(OC)c1cnc(C2=NC(C)(C(C)C)C(=O)N2)c(C(=O)O)c1. The van der Waals surface area contributed by atoms with Crippen molar-refractivity contribution in [2.24, 2.45) is 10.9 Å². The number of aliphatic imine (C=N–C) groups is 1. The molecule has 0 aliphatic carbocycles. The van der Waals surface area contributed by atoms with Gasteiger partial charge in [-0.1, -0.05) is 13.8 Å². The van der Waals surface area contributed by atoms with E-state index in [1.807, 2.05) is 13.8 Å². The summed E-state index contributed by atoms with van der Waals surface area (Å²) in [5.74, 6) is -1.35. The van der Waals surface area contributed by atoms with E-state index in [0.717, 1.165) is 0 Å². The van der Waals surface area contributed by atoms with Crippen molar-refractivity contribution >= 4 is 17.7 Å². The number of carboxylic acids is 1. The Morgan fingerprint density at radius 1 is 1.33 bits per heavy atom. The number of nitrogens with zero attached hydrogens (tertiary/aromatic N) is 2. The highest BCUT2D eigenvalue weighted by Crippen LogP contribution is 2.28. The number of pyridine rings is 1. The van der Waals surface area contributed by atoms with Crippen LogP contribution in [-0.2, 0) is 14.3 Å². The van der Waals surface area contributed by atoms with Crippen LogP contribution < -0.4 is 5.32 Å². The summed E-state index contributed by atoms with van der Waals surface area (Å²) in [7, 11) is 2.88. The average Bonchev–Trinajstić information content (AvgIpc) is 2.85. The number of carboxylic acid groups (broad SMARTS) is 1. The van der Waals surface area contributed by atoms with Gasteiger partial charge in [-0.3, -0.25) is 9.78 Å². The van der Waals surface area contributed by atoms with E-state index >= 15 is 0 Å². The molecule has 8 heteroatoms. The lowest BCUT2D eigenvalue weighted by Gasteiger charge is -2.21. The van der Waals surface area contributed by atoms with Crippen LogP contribution >= 0.6 is 0 Å². The number of methoxy groups -OCH3 is 2. The standard InChI is InChI=1S/C16H21N3O5/c1-8(2)16(3)15(22)18-12(19-16)11-10(13(20)21)6-9(7-17-11)14(23-4)24-5/h6-8,14H,1-5H3,(H,20,21)(H,18,19,22). The summed E-state index contributed by atoms with van der Waals surface area (Å²) in [5.41, 5.74) is -0.473. The fourth-order valence-corrected chi connectivity index (χ4v) is 2.38. The number of carbonyl (C=O) groups excluding carboxylic acids is 1. The van der Waals surface area contributed by atoms with Crippen molar-refractivity contribution in [2.45, 2.75) is 32.6 Å². The van der Waals surface area contributed by atoms with Crippen LogP contribution in [0.25, 0.3) is 0 Å². The molecule has 1 aliphatic heterocycles. The van der Waals surface area contributed by atoms with E-state index in [4.69, 9.17) is 9.47 Å². The van der Waals surface area contributed by atoms with E-state index in [-0.39, 0.29) is 28.9 Å². The van der Waals surface area contributed by atoms with Gasteiger partial charge >= 0.3 is 5.97 Å². The summed E-state index contributed by atoms with van der Waals surface area (Å²) in [6.07, 6.45) is 0.713. The van der Waals surface area contributed by atoms with Crippen LogP contribution in [0.4, 0.5) is 0 Å². The van der Waals surface area contributed by atoms with Gasteiger partial charge in [0.1, 0.15) is 11.2 Å². The molecule has 1 atom stereocenters. The number of aromatic nitrogens is 1. The van der Waals surface area contributed by atoms with Crippen LogP contribution in [0.3, 0.4) is 0 Å². The molecule has 1 aliphatic rings. The first-order chi connectivity index (χ1) is 11.2. The van der Waals surface area contributed by atoms with E-state index in [9.17, 15) is 14.7 Å². The van der Waals surface area contributed by atoms with Gasteiger partial charge in [0.2, 0.25) is 0 Å². The Balaban J connectivity index is 2.52. The maximum absolute atomic E-state index is 12.2. The summed E-state index contributed by atoms with van der Waals surface area (Å²) in [5, 5.41) is 12.1. The topological polar surface area (TPSA) is 110 Å². The molecule has 24 heavy (non-hydrogen) atoms. The normalized spacial score (nSPS) is 20.5. The fourth-order valence-electron chi connectivity index (χ4n) is 2.38. The van der Waals surface area contributed by atoms with E-state index < -0.39 is 17.8 Å². The predicted molar refractivity (Wildman–Crippen MR) is 85.9 cm³/mol. The number of aromatic carboxylic acids is 1. The lowest BCUT2D eigenvalue weighted by atomic mass is 9.89. The summed E-state index contributed by atoms with van der Waals surface area (Å²) in [6, 6.07) is 1.40. The third-order valence-corrected chi connectivity index (χ3v) is 4.22. The highest BCUT2D eigenvalue weighted by atomic mass is 16.7. The molecular weight excluding hydrogens is 314 g/mol. The van der Waals surface area contributed by atoms with E-state index in [1.54, 1.807) is 6.92 Å². The largest absolute Gasteiger partial charge is 0.478 e. The maximum Gasteiger partial charge on any atom is 0.338 e. The Kier molecular flexibility index (Phi) is 5.00. The number of amidine groups is 1. The molecular formula is C16H21N3O5. The van der Waals surface area contributed by atoms with Gasteiger partial charge in [0, 0.05) is 26.0 Å². The van der Waals surface area contributed by atoms with Crippen molar-refractivity contribution in [3.05, 3.63) is 29.1 Å². The molecule has 0 fully saturated rings. The first-order valence-corrected chi connectivity index (χ1v) is 7.45. The fraction of sp³-hybridized carbons (Fsp3) is 0.500. The molecule has 8 nitrogen and oxygen atoms in total. The van der Waals surface area contributed by atoms with Gasteiger partial charge in [-0.2, -0.15) is 0 Å². The molecule has 0 bridgehead atoms. The number of nitrogens with one attached hydrogen (secondary N) is 1. The minimum atomic E-state index is -1.18. The van der Waals surface area contributed by atoms with Gasteiger partial charge in [0.25, 0.3) is 5.91 Å². The van der Waals surface area contributed by atoms with Gasteiger partial charge in [-0.25, -0.2) is 9.79 Å². The van der Waals surface area contributed by atoms with E-state index in [0.29, 0.717) is 5.56 Å². The molecule has 1 aromatic rings. The van der Waals surface area contributed by atoms with Crippen molar-refractivity contribution in [3.63, 3.8) is 0 Å². The third-order valence-electron chi connectivity index (χ3n) is 4.22. The van der Waals surface area contributed by atoms with Gasteiger partial charge < -0.3 is 19.9 Å². The quantitative estimate of drug-likeness (QED) is 0.760. The first-order valence-electron chi connectivity index (χ1n) is 7.45. The summed E-state index contributed by atoms with van der Waals surface area (Å²) in [4.78, 5) is 32.4. The molecule has 130 valence electrons. The molecule has 2 rings (SSSR count). The van der Waals surface area contributed by atoms with Crippen LogP contribution in [0.15, 0.2) is 17.3 Å². The van der Waals surface area contributed by atoms with Crippen LogP contribution in [0.2, 0.25) is 0 Å². The van der Waals surface area contributed by atoms with Crippen molar-refractivity contribution in [2.75, 3.05) is 14.2 Å².